The minimum absolute atomic E-state index is 0.137. The Morgan fingerprint density at radius 2 is 1.03 bits per heavy atom. The molecule has 7 nitrogen and oxygen atoms in total. The van der Waals surface area contributed by atoms with Crippen LogP contribution in [0.25, 0.3) is 0 Å². The lowest BCUT2D eigenvalue weighted by molar-refractivity contribution is 0.0586. The molecule has 2 rings (SSSR count). The molecule has 0 saturated heterocycles. The van der Waals surface area contributed by atoms with Crippen molar-refractivity contribution in [3.8, 4) is 23.0 Å². The third-order valence-electron chi connectivity index (χ3n) is 7.21. The molecule has 0 amide bonds. The second kappa shape index (κ2) is 13.6. The van der Waals surface area contributed by atoms with Crippen LogP contribution < -0.4 is 18.9 Å². The van der Waals surface area contributed by atoms with Crippen molar-refractivity contribution >= 4 is 20.0 Å². The number of Topliss-reactive ketones (excluding diaryl/α,β-unsaturated/α-hetero) is 2. The van der Waals surface area contributed by atoms with Gasteiger partial charge in [-0.05, 0) is 44.0 Å². The van der Waals surface area contributed by atoms with Crippen LogP contribution in [0.1, 0.15) is 80.0 Å². The highest BCUT2D eigenvalue weighted by atomic mass is 31.1. The van der Waals surface area contributed by atoms with E-state index in [4.69, 9.17) is 18.9 Å². The van der Waals surface area contributed by atoms with E-state index in [0.717, 1.165) is 12.8 Å². The van der Waals surface area contributed by atoms with Crippen molar-refractivity contribution in [2.24, 2.45) is 5.41 Å². The smallest absolute Gasteiger partial charge is 0.185 e. The third kappa shape index (κ3) is 5.67. The molecule has 0 atom stereocenters. The van der Waals surface area contributed by atoms with Crippen molar-refractivity contribution in [2.45, 2.75) is 64.5 Å². The summed E-state index contributed by atoms with van der Waals surface area (Å²) in [6, 6.07) is 10.0. The van der Waals surface area contributed by atoms with Gasteiger partial charge in [0.2, 0.25) is 0 Å². The third-order valence-corrected chi connectivity index (χ3v) is 8.46. The van der Waals surface area contributed by atoms with Crippen molar-refractivity contribution < 1.29 is 33.1 Å². The van der Waals surface area contributed by atoms with E-state index in [0.29, 0.717) is 25.7 Å². The first kappa shape index (κ1) is 30.3. The number of ketones is 2. The number of unbranched alkanes of at least 4 members (excludes halogenated alkanes) is 2. The molecule has 0 aliphatic heterocycles. The zero-order valence-electron chi connectivity index (χ0n) is 23.0. The summed E-state index contributed by atoms with van der Waals surface area (Å²) in [5.41, 5.74) is -1.50. The lowest BCUT2D eigenvalue weighted by atomic mass is 9.63. The van der Waals surface area contributed by atoms with Gasteiger partial charge in [-0.2, -0.15) is 0 Å². The minimum Gasteiger partial charge on any atom is -0.496 e. The fourth-order valence-corrected chi connectivity index (χ4v) is 5.81. The van der Waals surface area contributed by atoms with Gasteiger partial charge in [0, 0.05) is 0 Å². The first-order valence-electron chi connectivity index (χ1n) is 12.6. The van der Waals surface area contributed by atoms with Gasteiger partial charge in [0.25, 0.3) is 0 Å². The summed E-state index contributed by atoms with van der Waals surface area (Å²) in [5, 5.41) is -1.19. The summed E-state index contributed by atoms with van der Waals surface area (Å²) in [6.45, 7) is 5.66. The summed E-state index contributed by atoms with van der Waals surface area (Å²) >= 11 is 0. The first-order valence-corrected chi connectivity index (χ1v) is 13.4. The van der Waals surface area contributed by atoms with Crippen molar-refractivity contribution in [1.82, 2.24) is 0 Å². The Kier molecular flexibility index (Phi) is 11.1. The Hall–Kier alpha value is -2.92. The molecule has 0 aliphatic rings. The van der Waals surface area contributed by atoms with Gasteiger partial charge in [0.1, 0.15) is 39.5 Å². The molecule has 37 heavy (non-hydrogen) atoms. The van der Waals surface area contributed by atoms with Crippen LogP contribution in [0.5, 0.6) is 23.0 Å². The zero-order chi connectivity index (χ0) is 27.6. The Balaban J connectivity index is 3.02. The van der Waals surface area contributed by atoms with E-state index in [1.54, 1.807) is 43.3 Å². The van der Waals surface area contributed by atoms with E-state index in [-0.39, 0.29) is 42.6 Å². The van der Waals surface area contributed by atoms with Gasteiger partial charge < -0.3 is 18.9 Å². The molecule has 0 aromatic heterocycles. The van der Waals surface area contributed by atoms with E-state index in [1.807, 2.05) is 13.8 Å². The standard InChI is InChI=1S/C29H39O7P/c1-8-10-18-29(37-32,19-11-9-2)28(3,26(30)24-20(33-4)14-12-15-21(24)34-5)27(31)25-22(35-6)16-13-17-23(25)36-7/h12-17H,8-11,18-19H2,1-7H3. The van der Waals surface area contributed by atoms with Gasteiger partial charge in [-0.15, -0.1) is 0 Å². The molecule has 0 fully saturated rings. The maximum atomic E-state index is 14.8. The van der Waals surface area contributed by atoms with E-state index < -0.39 is 22.1 Å². The van der Waals surface area contributed by atoms with E-state index in [9.17, 15) is 14.2 Å². The van der Waals surface area contributed by atoms with Gasteiger partial charge in [-0.3, -0.25) is 14.2 Å². The monoisotopic (exact) mass is 530 g/mol. The summed E-state index contributed by atoms with van der Waals surface area (Å²) in [6.07, 6.45) is 3.85. The summed E-state index contributed by atoms with van der Waals surface area (Å²) in [5.74, 6) is 0.0666. The Morgan fingerprint density at radius 3 is 1.27 bits per heavy atom. The molecule has 0 bridgehead atoms. The number of hydrogen-bond donors (Lipinski definition) is 0. The molecule has 0 N–H and O–H groups in total. The predicted octanol–water partition coefficient (Wildman–Crippen LogP) is 7.20. The van der Waals surface area contributed by atoms with Gasteiger partial charge >= 0.3 is 0 Å². The number of ether oxygens (including phenoxy) is 4. The summed E-state index contributed by atoms with van der Waals surface area (Å²) in [4.78, 5) is 29.5. The van der Waals surface area contributed by atoms with Crippen LogP contribution in [-0.2, 0) is 4.57 Å². The molecule has 0 unspecified atom stereocenters. The van der Waals surface area contributed by atoms with Gasteiger partial charge in [-0.1, -0.05) is 51.7 Å². The SMILES string of the molecule is CCCCC(CCCC)(P=O)C(C)(C(=O)c1c(OC)cccc1OC)C(=O)c1c(OC)cccc1OC. The number of rotatable bonds is 16. The molecule has 2 aromatic rings. The van der Waals surface area contributed by atoms with Crippen molar-refractivity contribution in [1.29, 1.82) is 0 Å². The highest BCUT2D eigenvalue weighted by Gasteiger charge is 2.60. The van der Waals surface area contributed by atoms with Crippen LogP contribution in [-0.4, -0.2) is 45.2 Å². The van der Waals surface area contributed by atoms with Gasteiger partial charge in [-0.25, -0.2) is 0 Å². The largest absolute Gasteiger partial charge is 0.496 e. The highest BCUT2D eigenvalue weighted by molar-refractivity contribution is 7.26. The molecular weight excluding hydrogens is 491 g/mol. The van der Waals surface area contributed by atoms with Crippen LogP contribution >= 0.6 is 8.46 Å². The van der Waals surface area contributed by atoms with Crippen molar-refractivity contribution in [3.63, 3.8) is 0 Å². The fourth-order valence-electron chi connectivity index (χ4n) is 4.92. The first-order chi connectivity index (χ1) is 17.8. The molecule has 0 spiro atoms. The highest BCUT2D eigenvalue weighted by Crippen LogP contribution is 2.55. The van der Waals surface area contributed by atoms with Crippen molar-refractivity contribution in [2.75, 3.05) is 28.4 Å². The molecule has 0 saturated carbocycles. The average Bonchev–Trinajstić information content (AvgIpc) is 2.95. The zero-order valence-corrected chi connectivity index (χ0v) is 23.9. The predicted molar refractivity (Wildman–Crippen MR) is 145 cm³/mol. The van der Waals surface area contributed by atoms with E-state index in [2.05, 4.69) is 0 Å². The number of carbonyl (C=O) groups is 2. The summed E-state index contributed by atoms with van der Waals surface area (Å²) < 4.78 is 35.4. The molecule has 0 radical (unpaired) electrons. The summed E-state index contributed by atoms with van der Waals surface area (Å²) in [7, 11) is 5.56. The van der Waals surface area contributed by atoms with Crippen LogP contribution in [0.2, 0.25) is 0 Å². The molecule has 0 aliphatic carbocycles. The minimum atomic E-state index is -1.77. The maximum Gasteiger partial charge on any atom is 0.185 e. The van der Waals surface area contributed by atoms with Gasteiger partial charge in [0.15, 0.2) is 20.0 Å². The van der Waals surface area contributed by atoms with E-state index >= 15 is 0 Å². The van der Waals surface area contributed by atoms with Crippen LogP contribution in [0, 0.1) is 5.41 Å². The molecule has 202 valence electrons. The lowest BCUT2D eigenvalue weighted by Gasteiger charge is -2.43. The Labute approximate surface area is 222 Å². The second-order valence-electron chi connectivity index (χ2n) is 9.19. The Bertz CT molecular complexity index is 976. The Morgan fingerprint density at radius 1 is 0.703 bits per heavy atom. The lowest BCUT2D eigenvalue weighted by Crippen LogP contribution is -2.53. The van der Waals surface area contributed by atoms with E-state index in [1.165, 1.54) is 28.4 Å². The van der Waals surface area contributed by atoms with Crippen molar-refractivity contribution in [3.05, 3.63) is 47.5 Å². The van der Waals surface area contributed by atoms with Crippen LogP contribution in [0.15, 0.2) is 36.4 Å². The molecule has 0 heterocycles. The number of hydrogen-bond acceptors (Lipinski definition) is 7. The molecule has 2 aromatic carbocycles. The maximum absolute atomic E-state index is 14.8. The topological polar surface area (TPSA) is 88.1 Å². The van der Waals surface area contributed by atoms with Crippen LogP contribution in [0.4, 0.5) is 0 Å². The second-order valence-corrected chi connectivity index (χ2v) is 10.2. The van der Waals surface area contributed by atoms with Crippen LogP contribution in [0.3, 0.4) is 0 Å². The average molecular weight is 531 g/mol. The number of methoxy groups -OCH3 is 4. The quantitative estimate of drug-likeness (QED) is 0.129. The molecular formula is C29H39O7P. The number of benzene rings is 2. The number of carbonyl (C=O) groups excluding carboxylic acids is 2. The van der Waals surface area contributed by atoms with Gasteiger partial charge in [0.05, 0.1) is 33.6 Å². The normalized spacial score (nSPS) is 11.8. The molecule has 8 heteroatoms. The fraction of sp³-hybridized carbons (Fsp3) is 0.517.